The Balaban J connectivity index is 3.58. The van der Waals surface area contributed by atoms with Gasteiger partial charge in [0, 0.05) is 0 Å². The highest BCUT2D eigenvalue weighted by molar-refractivity contribution is 6.13. The number of hydrogen-bond donors (Lipinski definition) is 0. The van der Waals surface area contributed by atoms with E-state index in [0.717, 1.165) is 0 Å². The van der Waals surface area contributed by atoms with Crippen LogP contribution in [0.2, 0.25) is 0 Å². The van der Waals surface area contributed by atoms with Gasteiger partial charge in [0.1, 0.15) is 10.4 Å². The molecule has 1 amide bonds. The number of carbonyl (C=O) groups excluding carboxylic acids is 1. The molecule has 0 saturated carbocycles. The third-order valence-corrected chi connectivity index (χ3v) is 1.56. The van der Waals surface area contributed by atoms with E-state index in [-0.39, 0.29) is 6.09 Å². The van der Waals surface area contributed by atoms with Crippen LogP contribution in [0.4, 0.5) is 4.79 Å². The maximum absolute atomic E-state index is 10.6. The highest BCUT2D eigenvalue weighted by atomic mass is 28.2. The Morgan fingerprint density at radius 2 is 2.56 bits per heavy atom. The summed E-state index contributed by atoms with van der Waals surface area (Å²) >= 11 is 0. The SMILES string of the molecule is C=CN([SiH3])C(=O)OCC. The summed E-state index contributed by atoms with van der Waals surface area (Å²) in [6.45, 7) is 5.62. The summed E-state index contributed by atoms with van der Waals surface area (Å²) in [5.74, 6) is 0. The van der Waals surface area contributed by atoms with Crippen molar-refractivity contribution < 1.29 is 9.53 Å². The fraction of sp³-hybridized carbons (Fsp3) is 0.400. The molecule has 0 bridgehead atoms. The summed E-state index contributed by atoms with van der Waals surface area (Å²) in [5.41, 5.74) is 0. The number of rotatable bonds is 2. The first-order chi connectivity index (χ1) is 4.22. The van der Waals surface area contributed by atoms with Gasteiger partial charge in [-0.15, -0.1) is 0 Å². The molecule has 0 aromatic carbocycles. The minimum absolute atomic E-state index is 0.306. The largest absolute Gasteiger partial charge is 0.450 e. The van der Waals surface area contributed by atoms with E-state index in [2.05, 4.69) is 11.3 Å². The van der Waals surface area contributed by atoms with E-state index in [1.54, 1.807) is 6.92 Å². The van der Waals surface area contributed by atoms with E-state index in [9.17, 15) is 4.79 Å². The van der Waals surface area contributed by atoms with Crippen LogP contribution >= 0.6 is 0 Å². The van der Waals surface area contributed by atoms with Crippen LogP contribution < -0.4 is 0 Å². The quantitative estimate of drug-likeness (QED) is 0.506. The molecule has 52 valence electrons. The van der Waals surface area contributed by atoms with Crippen molar-refractivity contribution in [1.29, 1.82) is 0 Å². The van der Waals surface area contributed by atoms with Crippen LogP contribution in [0, 0.1) is 0 Å². The fourth-order valence-electron chi connectivity index (χ4n) is 0.300. The second-order valence-corrected chi connectivity index (χ2v) is 2.46. The van der Waals surface area contributed by atoms with Gasteiger partial charge in [0.2, 0.25) is 0 Å². The van der Waals surface area contributed by atoms with Gasteiger partial charge in [0.15, 0.2) is 0 Å². The van der Waals surface area contributed by atoms with Crippen molar-refractivity contribution in [3.05, 3.63) is 12.8 Å². The fourth-order valence-corrected chi connectivity index (χ4v) is 0.429. The van der Waals surface area contributed by atoms with Crippen LogP contribution in [0.3, 0.4) is 0 Å². The van der Waals surface area contributed by atoms with Gasteiger partial charge in [-0.05, 0) is 13.1 Å². The van der Waals surface area contributed by atoms with E-state index in [1.807, 2.05) is 0 Å². The summed E-state index contributed by atoms with van der Waals surface area (Å²) < 4.78 is 6.07. The molecule has 4 heteroatoms. The van der Waals surface area contributed by atoms with E-state index >= 15 is 0 Å². The van der Waals surface area contributed by atoms with E-state index in [1.165, 1.54) is 10.8 Å². The predicted molar refractivity (Wildman–Crippen MR) is 39.0 cm³/mol. The Bertz CT molecular complexity index is 116. The topological polar surface area (TPSA) is 29.5 Å². The number of ether oxygens (including phenoxy) is 1. The van der Waals surface area contributed by atoms with Crippen LogP contribution in [0.15, 0.2) is 12.8 Å². The third-order valence-electron chi connectivity index (χ3n) is 0.830. The molecule has 3 nitrogen and oxygen atoms in total. The second-order valence-electron chi connectivity index (χ2n) is 1.49. The van der Waals surface area contributed by atoms with Gasteiger partial charge < -0.3 is 9.30 Å². The molecule has 0 unspecified atom stereocenters. The van der Waals surface area contributed by atoms with Crippen molar-refractivity contribution in [2.45, 2.75) is 6.92 Å². The maximum Gasteiger partial charge on any atom is 0.404 e. The lowest BCUT2D eigenvalue weighted by atomic mass is 10.8. The van der Waals surface area contributed by atoms with Crippen molar-refractivity contribution in [3.63, 3.8) is 0 Å². The Kier molecular flexibility index (Phi) is 3.78. The van der Waals surface area contributed by atoms with Gasteiger partial charge in [-0.25, -0.2) is 4.79 Å². The second kappa shape index (κ2) is 4.14. The number of hydrogen-bond acceptors (Lipinski definition) is 2. The minimum Gasteiger partial charge on any atom is -0.450 e. The number of amides is 1. The summed E-state index contributed by atoms with van der Waals surface area (Å²) in [7, 11) is 0.629. The zero-order valence-electron chi connectivity index (χ0n) is 5.76. The molecule has 0 N–H and O–H groups in total. The molecule has 0 rings (SSSR count). The molecule has 0 aliphatic heterocycles. The van der Waals surface area contributed by atoms with Crippen molar-refractivity contribution >= 4 is 16.5 Å². The molecule has 0 aromatic rings. The maximum atomic E-state index is 10.6. The molecule has 0 radical (unpaired) electrons. The van der Waals surface area contributed by atoms with Crippen LogP contribution in [-0.2, 0) is 4.74 Å². The molecular formula is C5H11NO2Si. The van der Waals surface area contributed by atoms with E-state index in [0.29, 0.717) is 17.0 Å². The molecule has 0 aliphatic rings. The first-order valence-electron chi connectivity index (χ1n) is 2.74. The van der Waals surface area contributed by atoms with Gasteiger partial charge in [-0.1, -0.05) is 6.58 Å². The van der Waals surface area contributed by atoms with Crippen molar-refractivity contribution in [2.24, 2.45) is 0 Å². The molecule has 0 heterocycles. The zero-order chi connectivity index (χ0) is 7.28. The zero-order valence-corrected chi connectivity index (χ0v) is 7.76. The highest BCUT2D eigenvalue weighted by Crippen LogP contribution is 1.86. The van der Waals surface area contributed by atoms with Gasteiger partial charge >= 0.3 is 6.09 Å². The Hall–Kier alpha value is -0.773. The summed E-state index contributed by atoms with van der Waals surface area (Å²) in [6.07, 6.45) is 1.16. The van der Waals surface area contributed by atoms with Crippen LogP contribution in [0.25, 0.3) is 0 Å². The average Bonchev–Trinajstić information content (AvgIpc) is 1.87. The first-order valence-corrected chi connectivity index (χ1v) is 3.64. The summed E-state index contributed by atoms with van der Waals surface area (Å²) in [4.78, 5) is 10.6. The molecule has 0 spiro atoms. The minimum atomic E-state index is -0.306. The number of nitrogens with zero attached hydrogens (tertiary/aromatic N) is 1. The monoisotopic (exact) mass is 145 g/mol. The van der Waals surface area contributed by atoms with E-state index in [4.69, 9.17) is 0 Å². The molecule has 0 fully saturated rings. The first kappa shape index (κ1) is 8.23. The van der Waals surface area contributed by atoms with E-state index < -0.39 is 0 Å². The standard InChI is InChI=1S/C5H11NO2Si/c1-3-6(9)5(7)8-4-2/h3H,1,4H2,2,9H3. The molecule has 0 atom stereocenters. The van der Waals surface area contributed by atoms with Crippen LogP contribution in [0.1, 0.15) is 6.92 Å². The Morgan fingerprint density at radius 3 is 2.89 bits per heavy atom. The molecule has 0 aromatic heterocycles. The third kappa shape index (κ3) is 2.92. The van der Waals surface area contributed by atoms with Crippen LogP contribution in [-0.4, -0.2) is 27.7 Å². The lowest BCUT2D eigenvalue weighted by molar-refractivity contribution is 0.140. The predicted octanol–water partition coefficient (Wildman–Crippen LogP) is -0.131. The summed E-state index contributed by atoms with van der Waals surface area (Å²) in [5, 5.41) is 0. The van der Waals surface area contributed by atoms with Gasteiger partial charge in [-0.2, -0.15) is 0 Å². The van der Waals surface area contributed by atoms with Crippen LogP contribution in [0.5, 0.6) is 0 Å². The lowest BCUT2D eigenvalue weighted by Gasteiger charge is -2.09. The highest BCUT2D eigenvalue weighted by Gasteiger charge is 2.01. The van der Waals surface area contributed by atoms with Crippen molar-refractivity contribution in [3.8, 4) is 0 Å². The molecule has 0 saturated heterocycles. The van der Waals surface area contributed by atoms with Gasteiger partial charge in [0.25, 0.3) is 0 Å². The Labute approximate surface area is 57.8 Å². The molecule has 9 heavy (non-hydrogen) atoms. The number of carbonyl (C=O) groups is 1. The average molecular weight is 145 g/mol. The molecular weight excluding hydrogens is 134 g/mol. The summed E-state index contributed by atoms with van der Waals surface area (Å²) in [6, 6.07) is 0. The lowest BCUT2D eigenvalue weighted by Crippen LogP contribution is -2.22. The smallest absolute Gasteiger partial charge is 0.404 e. The van der Waals surface area contributed by atoms with Gasteiger partial charge in [-0.3, -0.25) is 0 Å². The van der Waals surface area contributed by atoms with Crippen molar-refractivity contribution in [1.82, 2.24) is 4.57 Å². The van der Waals surface area contributed by atoms with Crippen molar-refractivity contribution in [2.75, 3.05) is 6.61 Å². The van der Waals surface area contributed by atoms with Gasteiger partial charge in [0.05, 0.1) is 6.61 Å². The molecule has 0 aliphatic carbocycles. The Morgan fingerprint density at radius 1 is 2.00 bits per heavy atom. The normalized spacial score (nSPS) is 8.56.